The summed E-state index contributed by atoms with van der Waals surface area (Å²) in [6, 6.07) is 13.1. The van der Waals surface area contributed by atoms with E-state index >= 15 is 0 Å². The van der Waals surface area contributed by atoms with Crippen molar-refractivity contribution in [2.75, 3.05) is 11.1 Å². The molecule has 3 heteroatoms. The predicted molar refractivity (Wildman–Crippen MR) is 74.7 cm³/mol. The number of para-hydroxylation sites is 1. The largest absolute Gasteiger partial charge is 0.398 e. The van der Waals surface area contributed by atoms with E-state index < -0.39 is 0 Å². The summed E-state index contributed by atoms with van der Waals surface area (Å²) in [5.74, 6) is -0.167. The topological polar surface area (TPSA) is 55.1 Å². The second-order valence-electron chi connectivity index (χ2n) is 4.31. The van der Waals surface area contributed by atoms with E-state index in [1.54, 1.807) is 6.07 Å². The molecule has 2 rings (SSSR count). The zero-order valence-electron chi connectivity index (χ0n) is 10.5. The second-order valence-corrected chi connectivity index (χ2v) is 4.31. The molecule has 3 nitrogen and oxygen atoms in total. The number of benzene rings is 2. The lowest BCUT2D eigenvalue weighted by Gasteiger charge is -2.11. The number of aryl methyl sites for hydroxylation is 2. The van der Waals surface area contributed by atoms with E-state index in [-0.39, 0.29) is 5.91 Å². The molecule has 0 fully saturated rings. The highest BCUT2D eigenvalue weighted by Gasteiger charge is 2.13. The molecule has 0 saturated carbocycles. The molecule has 0 aromatic heterocycles. The molecule has 1 amide bonds. The van der Waals surface area contributed by atoms with Crippen molar-refractivity contribution in [2.45, 2.75) is 13.8 Å². The number of nitrogens with two attached hydrogens (primary N) is 1. The molecule has 0 atom stereocenters. The van der Waals surface area contributed by atoms with E-state index in [2.05, 4.69) is 5.32 Å². The summed E-state index contributed by atoms with van der Waals surface area (Å²) < 4.78 is 0. The van der Waals surface area contributed by atoms with Crippen LogP contribution >= 0.6 is 0 Å². The lowest BCUT2D eigenvalue weighted by atomic mass is 10.1. The summed E-state index contributed by atoms with van der Waals surface area (Å²) in [4.78, 5) is 12.2. The second kappa shape index (κ2) is 4.92. The van der Waals surface area contributed by atoms with Crippen LogP contribution in [0.5, 0.6) is 0 Å². The normalized spacial score (nSPS) is 10.1. The fourth-order valence-electron chi connectivity index (χ4n) is 1.90. The first-order valence-electron chi connectivity index (χ1n) is 5.81. The molecular weight excluding hydrogens is 224 g/mol. The summed E-state index contributed by atoms with van der Waals surface area (Å²) in [6.07, 6.45) is 0. The van der Waals surface area contributed by atoms with Gasteiger partial charge in [-0.3, -0.25) is 4.79 Å². The molecule has 2 aromatic carbocycles. The van der Waals surface area contributed by atoms with Crippen molar-refractivity contribution in [3.63, 3.8) is 0 Å². The highest BCUT2D eigenvalue weighted by atomic mass is 16.1. The minimum Gasteiger partial charge on any atom is -0.398 e. The van der Waals surface area contributed by atoms with Crippen LogP contribution < -0.4 is 11.1 Å². The molecular formula is C15H16N2O. The number of rotatable bonds is 2. The number of hydrogen-bond donors (Lipinski definition) is 2. The van der Waals surface area contributed by atoms with Crippen molar-refractivity contribution in [1.82, 2.24) is 0 Å². The number of hydrogen-bond acceptors (Lipinski definition) is 2. The van der Waals surface area contributed by atoms with Gasteiger partial charge in [-0.1, -0.05) is 30.3 Å². The van der Waals surface area contributed by atoms with E-state index in [0.717, 1.165) is 16.8 Å². The minimum absolute atomic E-state index is 0.167. The quantitative estimate of drug-likeness (QED) is 0.792. The van der Waals surface area contributed by atoms with Crippen LogP contribution in [0.2, 0.25) is 0 Å². The first-order chi connectivity index (χ1) is 8.59. The fourth-order valence-corrected chi connectivity index (χ4v) is 1.90. The lowest BCUT2D eigenvalue weighted by Crippen LogP contribution is -2.16. The van der Waals surface area contributed by atoms with Gasteiger partial charge in [0.15, 0.2) is 0 Å². The number of nitrogen functional groups attached to an aromatic ring is 1. The van der Waals surface area contributed by atoms with Gasteiger partial charge >= 0.3 is 0 Å². The predicted octanol–water partition coefficient (Wildman–Crippen LogP) is 3.14. The van der Waals surface area contributed by atoms with Gasteiger partial charge in [-0.05, 0) is 37.1 Å². The van der Waals surface area contributed by atoms with Crippen LogP contribution in [0.15, 0.2) is 42.5 Å². The monoisotopic (exact) mass is 240 g/mol. The van der Waals surface area contributed by atoms with E-state index in [1.807, 2.05) is 50.2 Å². The fraction of sp³-hybridized carbons (Fsp3) is 0.133. The highest BCUT2D eigenvalue weighted by molar-refractivity contribution is 6.09. The maximum Gasteiger partial charge on any atom is 0.258 e. The minimum atomic E-state index is -0.167. The molecule has 0 unspecified atom stereocenters. The first kappa shape index (κ1) is 12.2. The molecule has 0 saturated heterocycles. The van der Waals surface area contributed by atoms with Gasteiger partial charge in [0.25, 0.3) is 5.91 Å². The van der Waals surface area contributed by atoms with Gasteiger partial charge < -0.3 is 11.1 Å². The van der Waals surface area contributed by atoms with Crippen LogP contribution in [0, 0.1) is 13.8 Å². The Labute approximate surface area is 107 Å². The molecule has 0 radical (unpaired) electrons. The lowest BCUT2D eigenvalue weighted by molar-refractivity contribution is 0.102. The Morgan fingerprint density at radius 3 is 2.33 bits per heavy atom. The van der Waals surface area contributed by atoms with Crippen molar-refractivity contribution in [1.29, 1.82) is 0 Å². The third-order valence-corrected chi connectivity index (χ3v) is 2.93. The average molecular weight is 240 g/mol. The molecule has 0 heterocycles. The van der Waals surface area contributed by atoms with Gasteiger partial charge in [0.1, 0.15) is 0 Å². The van der Waals surface area contributed by atoms with Crippen molar-refractivity contribution in [2.24, 2.45) is 0 Å². The van der Waals surface area contributed by atoms with Crippen LogP contribution in [0.25, 0.3) is 0 Å². The number of carbonyl (C=O) groups is 1. The smallest absolute Gasteiger partial charge is 0.258 e. The van der Waals surface area contributed by atoms with Crippen molar-refractivity contribution in [3.05, 3.63) is 59.2 Å². The van der Waals surface area contributed by atoms with Crippen LogP contribution in [-0.4, -0.2) is 5.91 Å². The molecule has 92 valence electrons. The van der Waals surface area contributed by atoms with Gasteiger partial charge in [-0.2, -0.15) is 0 Å². The van der Waals surface area contributed by atoms with Crippen LogP contribution in [-0.2, 0) is 0 Å². The van der Waals surface area contributed by atoms with E-state index in [4.69, 9.17) is 5.73 Å². The van der Waals surface area contributed by atoms with E-state index in [9.17, 15) is 4.79 Å². The molecule has 18 heavy (non-hydrogen) atoms. The average Bonchev–Trinajstić information content (AvgIpc) is 2.32. The SMILES string of the molecule is Cc1ccccc1NC(=O)c1c(C)cccc1N. The maximum absolute atomic E-state index is 12.2. The maximum atomic E-state index is 12.2. The van der Waals surface area contributed by atoms with E-state index in [0.29, 0.717) is 11.3 Å². The summed E-state index contributed by atoms with van der Waals surface area (Å²) in [5, 5.41) is 2.89. The Kier molecular flexibility index (Phi) is 3.33. The van der Waals surface area contributed by atoms with Crippen molar-refractivity contribution >= 4 is 17.3 Å². The summed E-state index contributed by atoms with van der Waals surface area (Å²) >= 11 is 0. The molecule has 0 spiro atoms. The number of nitrogens with one attached hydrogen (secondary N) is 1. The third-order valence-electron chi connectivity index (χ3n) is 2.93. The number of carbonyl (C=O) groups excluding carboxylic acids is 1. The standard InChI is InChI=1S/C15H16N2O/c1-10-6-3-4-9-13(10)17-15(18)14-11(2)7-5-8-12(14)16/h3-9H,16H2,1-2H3,(H,17,18). The zero-order chi connectivity index (χ0) is 13.1. The number of amides is 1. The molecule has 0 aliphatic rings. The van der Waals surface area contributed by atoms with Crippen molar-refractivity contribution in [3.8, 4) is 0 Å². The summed E-state index contributed by atoms with van der Waals surface area (Å²) in [7, 11) is 0. The molecule has 3 N–H and O–H groups in total. The first-order valence-corrected chi connectivity index (χ1v) is 5.81. The van der Waals surface area contributed by atoms with Gasteiger partial charge in [-0.15, -0.1) is 0 Å². The summed E-state index contributed by atoms with van der Waals surface area (Å²) in [5.41, 5.74) is 9.61. The Morgan fingerprint density at radius 1 is 1.00 bits per heavy atom. The van der Waals surface area contributed by atoms with Gasteiger partial charge in [-0.25, -0.2) is 0 Å². The Bertz CT molecular complexity index is 571. The van der Waals surface area contributed by atoms with Gasteiger partial charge in [0, 0.05) is 11.4 Å². The van der Waals surface area contributed by atoms with Crippen LogP contribution in [0.4, 0.5) is 11.4 Å². The Balaban J connectivity index is 2.31. The molecule has 0 aliphatic carbocycles. The number of anilines is 2. The van der Waals surface area contributed by atoms with E-state index in [1.165, 1.54) is 0 Å². The van der Waals surface area contributed by atoms with Crippen molar-refractivity contribution < 1.29 is 4.79 Å². The molecule has 2 aromatic rings. The Hall–Kier alpha value is -2.29. The molecule has 0 aliphatic heterocycles. The van der Waals surface area contributed by atoms with Gasteiger partial charge in [0.2, 0.25) is 0 Å². The van der Waals surface area contributed by atoms with Crippen LogP contribution in [0.3, 0.4) is 0 Å². The zero-order valence-corrected chi connectivity index (χ0v) is 10.5. The van der Waals surface area contributed by atoms with Gasteiger partial charge in [0.05, 0.1) is 5.56 Å². The Morgan fingerprint density at radius 2 is 1.67 bits per heavy atom. The third kappa shape index (κ3) is 2.35. The highest BCUT2D eigenvalue weighted by Crippen LogP contribution is 2.20. The summed E-state index contributed by atoms with van der Waals surface area (Å²) in [6.45, 7) is 3.83. The van der Waals surface area contributed by atoms with Crippen LogP contribution in [0.1, 0.15) is 21.5 Å². The molecule has 0 bridgehead atoms.